The molecule has 0 aromatic heterocycles. The maximum atomic E-state index is 5.80. The largest absolute Gasteiger partial charge is 0.492 e. The average molecular weight is 225 g/mol. The molecule has 17 heavy (non-hydrogen) atoms. The maximum absolute atomic E-state index is 5.80. The molecular weight excluding hydrogens is 208 g/mol. The first-order valence-corrected chi connectivity index (χ1v) is 5.96. The van der Waals surface area contributed by atoms with Crippen LogP contribution in [0.4, 0.5) is 0 Å². The highest BCUT2D eigenvalue weighted by molar-refractivity contribution is 5.69. The van der Waals surface area contributed by atoms with Crippen molar-refractivity contribution in [2.45, 2.75) is 13.8 Å². The van der Waals surface area contributed by atoms with Gasteiger partial charge in [0, 0.05) is 11.6 Å². The lowest BCUT2D eigenvalue weighted by molar-refractivity contribution is 0.271. The minimum Gasteiger partial charge on any atom is -0.492 e. The van der Waals surface area contributed by atoms with Gasteiger partial charge in [0.1, 0.15) is 5.75 Å². The molecule has 0 saturated heterocycles. The highest BCUT2D eigenvalue weighted by Gasteiger charge is 2.06. The first-order valence-electron chi connectivity index (χ1n) is 5.96. The van der Waals surface area contributed by atoms with Crippen molar-refractivity contribution in [2.75, 3.05) is 6.61 Å². The molecule has 0 saturated carbocycles. The van der Waals surface area contributed by atoms with Gasteiger partial charge in [-0.1, -0.05) is 62.4 Å². The molecule has 0 unspecified atom stereocenters. The summed E-state index contributed by atoms with van der Waals surface area (Å²) in [5.41, 5.74) is 2.27. The van der Waals surface area contributed by atoms with Crippen LogP contribution in [0.2, 0.25) is 0 Å². The van der Waals surface area contributed by atoms with Gasteiger partial charge in [-0.15, -0.1) is 0 Å². The van der Waals surface area contributed by atoms with Crippen LogP contribution in [0.15, 0.2) is 48.5 Å². The molecule has 2 aromatic rings. The van der Waals surface area contributed by atoms with Crippen LogP contribution in [0.5, 0.6) is 5.75 Å². The number of rotatable bonds is 4. The molecule has 2 rings (SSSR count). The summed E-state index contributed by atoms with van der Waals surface area (Å²) in [6.45, 7) is 5.01. The Morgan fingerprint density at radius 1 is 1.06 bits per heavy atom. The van der Waals surface area contributed by atoms with Crippen molar-refractivity contribution in [1.82, 2.24) is 0 Å². The third-order valence-corrected chi connectivity index (χ3v) is 2.46. The van der Waals surface area contributed by atoms with E-state index in [0.717, 1.165) is 17.9 Å². The second-order valence-corrected chi connectivity index (χ2v) is 4.48. The van der Waals surface area contributed by atoms with Crippen molar-refractivity contribution in [2.24, 2.45) is 5.92 Å². The van der Waals surface area contributed by atoms with Crippen molar-refractivity contribution in [3.05, 3.63) is 54.6 Å². The summed E-state index contributed by atoms with van der Waals surface area (Å²) < 4.78 is 5.80. The van der Waals surface area contributed by atoms with E-state index in [2.05, 4.69) is 38.1 Å². The summed E-state index contributed by atoms with van der Waals surface area (Å²) in [6.07, 6.45) is 0. The molecule has 1 heteroatoms. The van der Waals surface area contributed by atoms with E-state index in [4.69, 9.17) is 4.74 Å². The van der Waals surface area contributed by atoms with E-state index in [1.54, 1.807) is 0 Å². The van der Waals surface area contributed by atoms with Crippen molar-refractivity contribution in [1.29, 1.82) is 0 Å². The normalized spacial score (nSPS) is 10.5. The average Bonchev–Trinajstić information content (AvgIpc) is 2.38. The van der Waals surface area contributed by atoms with Gasteiger partial charge < -0.3 is 4.74 Å². The molecule has 0 bridgehead atoms. The van der Waals surface area contributed by atoms with Crippen molar-refractivity contribution >= 4 is 0 Å². The molecule has 0 amide bonds. The Balaban J connectivity index is 2.28. The van der Waals surface area contributed by atoms with E-state index >= 15 is 0 Å². The molecule has 0 aliphatic rings. The van der Waals surface area contributed by atoms with Gasteiger partial charge in [0.2, 0.25) is 0 Å². The predicted molar refractivity (Wildman–Crippen MR) is 71.0 cm³/mol. The Labute approximate surface area is 103 Å². The van der Waals surface area contributed by atoms with Crippen LogP contribution in [0.3, 0.4) is 0 Å². The molecule has 0 N–H and O–H groups in total. The lowest BCUT2D eigenvalue weighted by Crippen LogP contribution is -2.05. The smallest absolute Gasteiger partial charge is 0.135 e. The highest BCUT2D eigenvalue weighted by Crippen LogP contribution is 2.29. The second kappa shape index (κ2) is 5.53. The van der Waals surface area contributed by atoms with Crippen LogP contribution in [-0.2, 0) is 0 Å². The van der Waals surface area contributed by atoms with Gasteiger partial charge in [-0.2, -0.15) is 0 Å². The van der Waals surface area contributed by atoms with Crippen LogP contribution in [0.25, 0.3) is 11.1 Å². The van der Waals surface area contributed by atoms with E-state index in [-0.39, 0.29) is 0 Å². The van der Waals surface area contributed by atoms with Crippen molar-refractivity contribution in [3.63, 3.8) is 0 Å². The standard InChI is InChI=1S/C16H17O/c1-13(2)12-17-16-11-7-6-10-15(16)14-8-4-3-5-9-14/h3-10,13H,12H2,1-2H3. The molecule has 0 spiro atoms. The van der Waals surface area contributed by atoms with Gasteiger partial charge in [0.05, 0.1) is 6.61 Å². The summed E-state index contributed by atoms with van der Waals surface area (Å²) >= 11 is 0. The summed E-state index contributed by atoms with van der Waals surface area (Å²) in [5, 5.41) is 0. The van der Waals surface area contributed by atoms with E-state index < -0.39 is 0 Å². The monoisotopic (exact) mass is 225 g/mol. The van der Waals surface area contributed by atoms with E-state index in [1.807, 2.05) is 30.3 Å². The van der Waals surface area contributed by atoms with E-state index in [1.165, 1.54) is 5.56 Å². The summed E-state index contributed by atoms with van der Waals surface area (Å²) in [4.78, 5) is 0. The zero-order valence-corrected chi connectivity index (χ0v) is 10.3. The zero-order valence-electron chi connectivity index (χ0n) is 10.3. The quantitative estimate of drug-likeness (QED) is 0.758. The highest BCUT2D eigenvalue weighted by atomic mass is 16.5. The maximum Gasteiger partial charge on any atom is 0.135 e. The van der Waals surface area contributed by atoms with Crippen molar-refractivity contribution in [3.8, 4) is 16.9 Å². The van der Waals surface area contributed by atoms with Gasteiger partial charge in [0.25, 0.3) is 0 Å². The Hall–Kier alpha value is -1.76. The summed E-state index contributed by atoms with van der Waals surface area (Å²) in [6, 6.07) is 19.4. The molecule has 0 aliphatic heterocycles. The second-order valence-electron chi connectivity index (χ2n) is 4.48. The predicted octanol–water partition coefficient (Wildman–Crippen LogP) is 4.19. The van der Waals surface area contributed by atoms with Crippen LogP contribution in [0, 0.1) is 12.0 Å². The number of benzene rings is 2. The number of para-hydroxylation sites is 1. The van der Waals surface area contributed by atoms with Crippen LogP contribution in [0.1, 0.15) is 13.8 Å². The van der Waals surface area contributed by atoms with Crippen LogP contribution >= 0.6 is 0 Å². The molecule has 1 radical (unpaired) electrons. The molecule has 87 valence electrons. The van der Waals surface area contributed by atoms with E-state index in [9.17, 15) is 0 Å². The fourth-order valence-corrected chi connectivity index (χ4v) is 1.64. The Morgan fingerprint density at radius 3 is 2.53 bits per heavy atom. The SMILES string of the molecule is CC(C)COc1[c]cccc1-c1ccccc1. The summed E-state index contributed by atoms with van der Waals surface area (Å²) in [7, 11) is 0. The molecule has 0 atom stereocenters. The Kier molecular flexibility index (Phi) is 3.81. The lowest BCUT2D eigenvalue weighted by atomic mass is 10.0. The first kappa shape index (κ1) is 11.7. The molecular formula is C16H17O. The number of ether oxygens (including phenoxy) is 1. The molecule has 2 aromatic carbocycles. The molecule has 0 aliphatic carbocycles. The number of hydrogen-bond acceptors (Lipinski definition) is 1. The van der Waals surface area contributed by atoms with Gasteiger partial charge in [0.15, 0.2) is 0 Å². The fourth-order valence-electron chi connectivity index (χ4n) is 1.64. The molecule has 0 fully saturated rings. The summed E-state index contributed by atoms with van der Waals surface area (Å²) in [5.74, 6) is 1.36. The Bertz CT molecular complexity index is 460. The van der Waals surface area contributed by atoms with Crippen LogP contribution < -0.4 is 4.74 Å². The molecule has 0 heterocycles. The van der Waals surface area contributed by atoms with Crippen molar-refractivity contribution < 1.29 is 4.74 Å². The topological polar surface area (TPSA) is 9.23 Å². The van der Waals surface area contributed by atoms with Gasteiger partial charge in [-0.3, -0.25) is 0 Å². The van der Waals surface area contributed by atoms with Gasteiger partial charge in [-0.05, 0) is 11.5 Å². The van der Waals surface area contributed by atoms with Gasteiger partial charge >= 0.3 is 0 Å². The van der Waals surface area contributed by atoms with E-state index in [0.29, 0.717) is 5.92 Å². The fraction of sp³-hybridized carbons (Fsp3) is 0.250. The Morgan fingerprint density at radius 2 is 1.82 bits per heavy atom. The lowest BCUT2D eigenvalue weighted by Gasteiger charge is -2.12. The third-order valence-electron chi connectivity index (χ3n) is 2.46. The zero-order chi connectivity index (χ0) is 12.1. The van der Waals surface area contributed by atoms with Gasteiger partial charge in [-0.25, -0.2) is 0 Å². The first-order chi connectivity index (χ1) is 8.27. The minimum absolute atomic E-state index is 0.521. The number of hydrogen-bond donors (Lipinski definition) is 0. The van der Waals surface area contributed by atoms with Crippen LogP contribution in [-0.4, -0.2) is 6.61 Å². The third kappa shape index (κ3) is 3.10. The molecule has 1 nitrogen and oxygen atoms in total. The minimum atomic E-state index is 0.521.